The van der Waals surface area contributed by atoms with Crippen molar-refractivity contribution >= 4 is 28.6 Å². The predicted molar refractivity (Wildman–Crippen MR) is 160 cm³/mol. The molecule has 0 radical (unpaired) electrons. The van der Waals surface area contributed by atoms with E-state index in [1.54, 1.807) is 30.0 Å². The SMILES string of the molecule is CNc1ncc2cc(-c3cc(C)ccc3C)c(=O)n(CCc3cccc(NC(=O)/C(C#N)=C/C(C)(C)C)c3)c2n1. The zero-order valence-corrected chi connectivity index (χ0v) is 23.8. The lowest BCUT2D eigenvalue weighted by Gasteiger charge is -2.15. The van der Waals surface area contributed by atoms with E-state index < -0.39 is 5.91 Å². The van der Waals surface area contributed by atoms with Gasteiger partial charge in [-0.1, -0.05) is 62.7 Å². The van der Waals surface area contributed by atoms with Crippen LogP contribution in [0, 0.1) is 30.6 Å². The molecule has 8 heteroatoms. The minimum absolute atomic E-state index is 0.0687. The average Bonchev–Trinajstić information content (AvgIpc) is 2.91. The molecule has 0 atom stereocenters. The van der Waals surface area contributed by atoms with Crippen molar-refractivity contribution in [1.82, 2.24) is 14.5 Å². The van der Waals surface area contributed by atoms with Gasteiger partial charge in [-0.2, -0.15) is 10.2 Å². The van der Waals surface area contributed by atoms with Crippen LogP contribution in [0.1, 0.15) is 37.5 Å². The topological polar surface area (TPSA) is 113 Å². The molecule has 4 aromatic rings. The molecule has 1 amide bonds. The van der Waals surface area contributed by atoms with Crippen molar-refractivity contribution in [2.75, 3.05) is 17.7 Å². The Hall–Kier alpha value is -4.77. The van der Waals surface area contributed by atoms with E-state index in [-0.39, 0.29) is 16.5 Å². The molecule has 0 aliphatic carbocycles. The van der Waals surface area contributed by atoms with E-state index in [0.29, 0.717) is 35.8 Å². The fourth-order valence-corrected chi connectivity index (χ4v) is 4.53. The van der Waals surface area contributed by atoms with E-state index in [9.17, 15) is 14.9 Å². The first-order valence-corrected chi connectivity index (χ1v) is 13.2. The summed E-state index contributed by atoms with van der Waals surface area (Å²) in [6, 6.07) is 17.4. The van der Waals surface area contributed by atoms with Gasteiger partial charge in [0.15, 0.2) is 0 Å². The van der Waals surface area contributed by atoms with Crippen molar-refractivity contribution in [1.29, 1.82) is 5.26 Å². The Morgan fingerprint density at radius 1 is 1.10 bits per heavy atom. The van der Waals surface area contributed by atoms with Crippen LogP contribution in [0.25, 0.3) is 22.2 Å². The molecule has 0 saturated carbocycles. The van der Waals surface area contributed by atoms with Crippen molar-refractivity contribution in [3.05, 3.63) is 93.4 Å². The highest BCUT2D eigenvalue weighted by Crippen LogP contribution is 2.25. The number of benzene rings is 2. The molecule has 2 aromatic carbocycles. The van der Waals surface area contributed by atoms with Crippen LogP contribution in [0.15, 0.2) is 71.2 Å². The van der Waals surface area contributed by atoms with Gasteiger partial charge in [-0.3, -0.25) is 14.2 Å². The van der Waals surface area contributed by atoms with Gasteiger partial charge in [0.2, 0.25) is 5.95 Å². The van der Waals surface area contributed by atoms with Gasteiger partial charge >= 0.3 is 0 Å². The lowest BCUT2D eigenvalue weighted by Crippen LogP contribution is -2.24. The third kappa shape index (κ3) is 6.44. The van der Waals surface area contributed by atoms with E-state index in [0.717, 1.165) is 27.6 Å². The third-order valence-corrected chi connectivity index (χ3v) is 6.49. The first kappa shape index (κ1) is 28.2. The van der Waals surface area contributed by atoms with Gasteiger partial charge in [0.05, 0.1) is 0 Å². The Morgan fingerprint density at radius 2 is 1.88 bits per heavy atom. The number of carbonyl (C=O) groups excluding carboxylic acids is 1. The number of aryl methyl sites for hydroxylation is 4. The monoisotopic (exact) mass is 534 g/mol. The van der Waals surface area contributed by atoms with Gasteiger partial charge in [-0.05, 0) is 60.6 Å². The third-order valence-electron chi connectivity index (χ3n) is 6.49. The predicted octanol–water partition coefficient (Wildman–Crippen LogP) is 5.79. The molecule has 204 valence electrons. The summed E-state index contributed by atoms with van der Waals surface area (Å²) >= 11 is 0. The quantitative estimate of drug-likeness (QED) is 0.229. The summed E-state index contributed by atoms with van der Waals surface area (Å²) in [6.07, 6.45) is 3.91. The smallest absolute Gasteiger partial charge is 0.265 e. The molecule has 0 bridgehead atoms. The summed E-state index contributed by atoms with van der Waals surface area (Å²) in [7, 11) is 1.74. The largest absolute Gasteiger partial charge is 0.357 e. The first-order chi connectivity index (χ1) is 19.0. The molecule has 0 aliphatic rings. The van der Waals surface area contributed by atoms with E-state index >= 15 is 0 Å². The lowest BCUT2D eigenvalue weighted by molar-refractivity contribution is -0.112. The normalized spacial score (nSPS) is 11.8. The maximum absolute atomic E-state index is 13.9. The number of hydrogen-bond acceptors (Lipinski definition) is 6. The Bertz CT molecular complexity index is 1720. The second-order valence-electron chi connectivity index (χ2n) is 11.0. The summed E-state index contributed by atoms with van der Waals surface area (Å²) in [5.74, 6) is -0.0178. The van der Waals surface area contributed by atoms with Crippen LogP contribution in [0.4, 0.5) is 11.6 Å². The number of nitrogens with one attached hydrogen (secondary N) is 2. The van der Waals surface area contributed by atoms with Crippen LogP contribution < -0.4 is 16.2 Å². The summed E-state index contributed by atoms with van der Waals surface area (Å²) in [5, 5.41) is 16.0. The molecule has 40 heavy (non-hydrogen) atoms. The summed E-state index contributed by atoms with van der Waals surface area (Å²) in [4.78, 5) is 35.6. The minimum atomic E-state index is -0.450. The fourth-order valence-electron chi connectivity index (χ4n) is 4.53. The summed E-state index contributed by atoms with van der Waals surface area (Å²) < 4.78 is 1.69. The van der Waals surface area contributed by atoms with Crippen molar-refractivity contribution in [3.63, 3.8) is 0 Å². The van der Waals surface area contributed by atoms with Gasteiger partial charge < -0.3 is 10.6 Å². The molecular weight excluding hydrogens is 500 g/mol. The van der Waals surface area contributed by atoms with Gasteiger partial charge in [0.1, 0.15) is 17.3 Å². The Balaban J connectivity index is 1.69. The number of anilines is 2. The van der Waals surface area contributed by atoms with Crippen molar-refractivity contribution in [3.8, 4) is 17.2 Å². The Kier molecular flexibility index (Phi) is 8.15. The maximum atomic E-state index is 13.9. The number of nitrogens with zero attached hydrogens (tertiary/aromatic N) is 4. The van der Waals surface area contributed by atoms with Crippen molar-refractivity contribution < 1.29 is 4.79 Å². The van der Waals surface area contributed by atoms with Gasteiger partial charge in [0, 0.05) is 36.4 Å². The molecule has 8 nitrogen and oxygen atoms in total. The van der Waals surface area contributed by atoms with Gasteiger partial charge in [0.25, 0.3) is 11.5 Å². The molecule has 0 unspecified atom stereocenters. The van der Waals surface area contributed by atoms with Crippen molar-refractivity contribution in [2.45, 2.75) is 47.6 Å². The van der Waals surface area contributed by atoms with Crippen LogP contribution >= 0.6 is 0 Å². The standard InChI is InChI=1S/C32H34N6O2/c1-20-10-11-21(2)26(14-20)27-16-23-19-35-31(34-6)37-28(23)38(30(27)40)13-12-22-8-7-9-25(15-22)36-29(39)24(18-33)17-32(3,4)5/h7-11,14-17,19H,12-13H2,1-6H3,(H,36,39)(H,34,35,37)/b24-17+. The number of allylic oxidation sites excluding steroid dienone is 1. The van der Waals surface area contributed by atoms with Gasteiger partial charge in [-0.25, -0.2) is 4.98 Å². The molecular formula is C32H34N6O2. The maximum Gasteiger partial charge on any atom is 0.265 e. The lowest BCUT2D eigenvalue weighted by atomic mass is 9.93. The zero-order valence-electron chi connectivity index (χ0n) is 23.8. The number of pyridine rings is 1. The molecule has 4 rings (SSSR count). The number of rotatable bonds is 7. The Labute approximate surface area is 234 Å². The number of fused-ring (bicyclic) bond motifs is 1. The number of amides is 1. The fraction of sp³-hybridized carbons (Fsp3) is 0.281. The minimum Gasteiger partial charge on any atom is -0.357 e. The number of carbonyl (C=O) groups is 1. The number of nitriles is 1. The van der Waals surface area contributed by atoms with Crippen LogP contribution in [-0.2, 0) is 17.8 Å². The molecule has 2 aromatic heterocycles. The highest BCUT2D eigenvalue weighted by Gasteiger charge is 2.17. The van der Waals surface area contributed by atoms with Crippen LogP contribution in [0.2, 0.25) is 0 Å². The second-order valence-corrected chi connectivity index (χ2v) is 11.0. The number of hydrogen-bond donors (Lipinski definition) is 2. The van der Waals surface area contributed by atoms with Crippen molar-refractivity contribution in [2.24, 2.45) is 5.41 Å². The van der Waals surface area contributed by atoms with E-state index in [1.165, 1.54) is 0 Å². The van der Waals surface area contributed by atoms with Crippen LogP contribution in [-0.4, -0.2) is 27.5 Å². The Morgan fingerprint density at radius 3 is 2.58 bits per heavy atom. The first-order valence-electron chi connectivity index (χ1n) is 13.2. The molecule has 0 spiro atoms. The van der Waals surface area contributed by atoms with E-state index in [1.807, 2.05) is 83.2 Å². The van der Waals surface area contributed by atoms with Gasteiger partial charge in [-0.15, -0.1) is 0 Å². The molecule has 2 N–H and O–H groups in total. The molecule has 0 aliphatic heterocycles. The van der Waals surface area contributed by atoms with Crippen LogP contribution in [0.3, 0.4) is 0 Å². The molecule has 0 saturated heterocycles. The summed E-state index contributed by atoms with van der Waals surface area (Å²) in [6.45, 7) is 10.2. The second kappa shape index (κ2) is 11.5. The zero-order chi connectivity index (χ0) is 29.0. The summed E-state index contributed by atoms with van der Waals surface area (Å²) in [5.41, 5.74) is 5.28. The molecule has 2 heterocycles. The van der Waals surface area contributed by atoms with E-state index in [2.05, 4.69) is 20.6 Å². The molecule has 0 fully saturated rings. The highest BCUT2D eigenvalue weighted by atomic mass is 16.1. The number of aromatic nitrogens is 3. The highest BCUT2D eigenvalue weighted by molar-refractivity contribution is 6.06. The van der Waals surface area contributed by atoms with Crippen LogP contribution in [0.5, 0.6) is 0 Å². The average molecular weight is 535 g/mol. The van der Waals surface area contributed by atoms with E-state index in [4.69, 9.17) is 0 Å².